The molecule has 1 heterocycles. The zero-order valence-electron chi connectivity index (χ0n) is 15.3. The third kappa shape index (κ3) is 3.94. The second-order valence-corrected chi connectivity index (χ2v) is 8.28. The van der Waals surface area contributed by atoms with E-state index in [0.29, 0.717) is 24.2 Å². The first-order valence-corrected chi connectivity index (χ1v) is 8.14. The van der Waals surface area contributed by atoms with Crippen molar-refractivity contribution in [1.82, 2.24) is 4.90 Å². The van der Waals surface area contributed by atoms with Crippen LogP contribution in [0.3, 0.4) is 0 Å². The lowest BCUT2D eigenvalue weighted by Gasteiger charge is -2.46. The number of hydrogen-bond donors (Lipinski definition) is 0. The van der Waals surface area contributed by atoms with Crippen molar-refractivity contribution < 1.29 is 18.7 Å². The van der Waals surface area contributed by atoms with Gasteiger partial charge in [0.1, 0.15) is 11.3 Å². The molecule has 0 atom stereocenters. The van der Waals surface area contributed by atoms with Crippen molar-refractivity contribution in [2.45, 2.75) is 52.8 Å². The van der Waals surface area contributed by atoms with Crippen molar-refractivity contribution in [2.24, 2.45) is 5.41 Å². The summed E-state index contributed by atoms with van der Waals surface area (Å²) in [6.07, 6.45) is -0.401. The van der Waals surface area contributed by atoms with Crippen molar-refractivity contribution in [3.05, 3.63) is 35.4 Å². The van der Waals surface area contributed by atoms with Gasteiger partial charge in [-0.1, -0.05) is 24.3 Å². The second kappa shape index (κ2) is 5.87. The predicted octanol–water partition coefficient (Wildman–Crippen LogP) is 4.33. The van der Waals surface area contributed by atoms with Gasteiger partial charge in [0, 0.05) is 18.7 Å². The minimum atomic E-state index is -1.44. The molecule has 0 radical (unpaired) electrons. The largest absolute Gasteiger partial charge is 0.444 e. The first-order valence-electron chi connectivity index (χ1n) is 8.14. The van der Waals surface area contributed by atoms with Gasteiger partial charge in [0.15, 0.2) is 5.78 Å². The lowest BCUT2D eigenvalue weighted by Crippen LogP contribution is -2.61. The van der Waals surface area contributed by atoms with Crippen LogP contribution in [0.1, 0.15) is 57.5 Å². The van der Waals surface area contributed by atoms with E-state index in [2.05, 4.69) is 0 Å². The van der Waals surface area contributed by atoms with Gasteiger partial charge in [-0.05, 0) is 47.1 Å². The van der Waals surface area contributed by atoms with Gasteiger partial charge in [0.25, 0.3) is 0 Å². The fourth-order valence-electron chi connectivity index (χ4n) is 2.76. The monoisotopic (exact) mass is 335 g/mol. The number of carbonyl (C=O) groups excluding carboxylic acids is 2. The first-order chi connectivity index (χ1) is 10.8. The summed E-state index contributed by atoms with van der Waals surface area (Å²) in [5.41, 5.74) is -1.54. The molecule has 1 aliphatic heterocycles. The molecule has 2 rings (SSSR count). The molecule has 0 unspecified atom stereocenters. The van der Waals surface area contributed by atoms with Crippen LogP contribution in [0, 0.1) is 5.41 Å². The van der Waals surface area contributed by atoms with E-state index < -0.39 is 22.8 Å². The number of likely N-dealkylation sites (tertiary alicyclic amines) is 1. The standard InChI is InChI=1S/C19H26FNO3/c1-17(2,3)24-16(23)21-11-19(6,12-21)15(22)13-7-9-14(10-8-13)18(4,5)20/h7-10H,11-12H2,1-6H3. The number of alkyl halides is 1. The molecule has 132 valence electrons. The lowest BCUT2D eigenvalue weighted by atomic mass is 9.75. The van der Waals surface area contributed by atoms with E-state index in [1.807, 2.05) is 27.7 Å². The van der Waals surface area contributed by atoms with E-state index in [-0.39, 0.29) is 5.78 Å². The fourth-order valence-corrected chi connectivity index (χ4v) is 2.76. The summed E-state index contributed by atoms with van der Waals surface area (Å²) in [5, 5.41) is 0. The van der Waals surface area contributed by atoms with E-state index in [0.717, 1.165) is 0 Å². The Hall–Kier alpha value is -1.91. The Kier molecular flexibility index (Phi) is 4.51. The Balaban J connectivity index is 2.03. The lowest BCUT2D eigenvalue weighted by molar-refractivity contribution is -0.0197. The van der Waals surface area contributed by atoms with Crippen LogP contribution in [0.4, 0.5) is 9.18 Å². The van der Waals surface area contributed by atoms with Gasteiger partial charge in [-0.25, -0.2) is 9.18 Å². The number of halogens is 1. The summed E-state index contributed by atoms with van der Waals surface area (Å²) < 4.78 is 19.2. The van der Waals surface area contributed by atoms with Crippen molar-refractivity contribution in [1.29, 1.82) is 0 Å². The molecule has 0 aliphatic carbocycles. The zero-order chi connectivity index (χ0) is 18.3. The zero-order valence-corrected chi connectivity index (χ0v) is 15.3. The van der Waals surface area contributed by atoms with E-state index in [4.69, 9.17) is 4.74 Å². The highest BCUT2D eigenvalue weighted by molar-refractivity contribution is 6.02. The number of carbonyl (C=O) groups is 2. The number of Topliss-reactive ketones (excluding diaryl/α,β-unsaturated/α-hetero) is 1. The molecule has 1 saturated heterocycles. The van der Waals surface area contributed by atoms with E-state index in [1.54, 1.807) is 24.3 Å². The molecule has 0 aromatic heterocycles. The van der Waals surface area contributed by atoms with Gasteiger partial charge in [-0.2, -0.15) is 0 Å². The summed E-state index contributed by atoms with van der Waals surface area (Å²) in [7, 11) is 0. The number of nitrogens with zero attached hydrogens (tertiary/aromatic N) is 1. The third-order valence-corrected chi connectivity index (χ3v) is 4.11. The van der Waals surface area contributed by atoms with Crippen LogP contribution in [-0.2, 0) is 10.4 Å². The van der Waals surface area contributed by atoms with Crippen molar-refractivity contribution in [3.63, 3.8) is 0 Å². The van der Waals surface area contributed by atoms with Gasteiger partial charge in [-0.3, -0.25) is 4.79 Å². The van der Waals surface area contributed by atoms with Crippen LogP contribution >= 0.6 is 0 Å². The average Bonchev–Trinajstić information content (AvgIpc) is 2.40. The van der Waals surface area contributed by atoms with Gasteiger partial charge in [0.2, 0.25) is 0 Å². The number of hydrogen-bond acceptors (Lipinski definition) is 3. The smallest absolute Gasteiger partial charge is 0.410 e. The quantitative estimate of drug-likeness (QED) is 0.772. The van der Waals surface area contributed by atoms with Gasteiger partial charge >= 0.3 is 6.09 Å². The summed E-state index contributed by atoms with van der Waals surface area (Å²) >= 11 is 0. The van der Waals surface area contributed by atoms with Crippen LogP contribution in [0.5, 0.6) is 0 Å². The van der Waals surface area contributed by atoms with Crippen molar-refractivity contribution in [3.8, 4) is 0 Å². The minimum Gasteiger partial charge on any atom is -0.444 e. The van der Waals surface area contributed by atoms with E-state index in [1.165, 1.54) is 18.7 Å². The molecule has 1 aromatic rings. The minimum absolute atomic E-state index is 0.0366. The van der Waals surface area contributed by atoms with Crippen LogP contribution in [-0.4, -0.2) is 35.5 Å². The maximum atomic E-state index is 13.9. The number of rotatable bonds is 3. The topological polar surface area (TPSA) is 46.6 Å². The highest BCUT2D eigenvalue weighted by Gasteiger charge is 2.48. The van der Waals surface area contributed by atoms with Crippen LogP contribution in [0.25, 0.3) is 0 Å². The molecule has 5 heteroatoms. The molecule has 1 fully saturated rings. The Morgan fingerprint density at radius 1 is 1.08 bits per heavy atom. The third-order valence-electron chi connectivity index (χ3n) is 4.11. The summed E-state index contributed by atoms with van der Waals surface area (Å²) in [6, 6.07) is 6.59. The van der Waals surface area contributed by atoms with Gasteiger partial charge in [0.05, 0.1) is 5.41 Å². The maximum absolute atomic E-state index is 13.9. The molecule has 4 nitrogen and oxygen atoms in total. The van der Waals surface area contributed by atoms with Gasteiger partial charge < -0.3 is 9.64 Å². The Morgan fingerprint density at radius 2 is 1.58 bits per heavy atom. The van der Waals surface area contributed by atoms with Crippen LogP contribution in [0.15, 0.2) is 24.3 Å². The fraction of sp³-hybridized carbons (Fsp3) is 0.579. The van der Waals surface area contributed by atoms with Gasteiger partial charge in [-0.15, -0.1) is 0 Å². The molecular weight excluding hydrogens is 309 g/mol. The SMILES string of the molecule is CC(C)(C)OC(=O)N1CC(C)(C(=O)c2ccc(C(C)(C)F)cc2)C1. The Labute approximate surface area is 143 Å². The predicted molar refractivity (Wildman–Crippen MR) is 90.8 cm³/mol. The molecule has 0 spiro atoms. The highest BCUT2D eigenvalue weighted by atomic mass is 19.1. The summed E-state index contributed by atoms with van der Waals surface area (Å²) in [4.78, 5) is 26.2. The summed E-state index contributed by atoms with van der Waals surface area (Å²) in [5.74, 6) is -0.0366. The van der Waals surface area contributed by atoms with Crippen LogP contribution < -0.4 is 0 Å². The molecule has 1 aromatic carbocycles. The number of benzene rings is 1. The Morgan fingerprint density at radius 3 is 2.00 bits per heavy atom. The van der Waals surface area contributed by atoms with Crippen LogP contribution in [0.2, 0.25) is 0 Å². The molecule has 24 heavy (non-hydrogen) atoms. The van der Waals surface area contributed by atoms with E-state index >= 15 is 0 Å². The molecule has 0 saturated carbocycles. The maximum Gasteiger partial charge on any atom is 0.410 e. The average molecular weight is 335 g/mol. The van der Waals surface area contributed by atoms with Crippen molar-refractivity contribution >= 4 is 11.9 Å². The second-order valence-electron chi connectivity index (χ2n) is 8.28. The molecule has 0 N–H and O–H groups in total. The summed E-state index contributed by atoms with van der Waals surface area (Å²) in [6.45, 7) is 10.9. The molecule has 1 amide bonds. The number of ether oxygens (including phenoxy) is 1. The first kappa shape index (κ1) is 18.4. The molecule has 0 bridgehead atoms. The Bertz CT molecular complexity index is 632. The highest BCUT2D eigenvalue weighted by Crippen LogP contribution is 2.35. The van der Waals surface area contributed by atoms with E-state index in [9.17, 15) is 14.0 Å². The van der Waals surface area contributed by atoms with Crippen molar-refractivity contribution in [2.75, 3.05) is 13.1 Å². The normalized spacial score (nSPS) is 17.2. The number of ketones is 1. The number of amides is 1. The molecule has 1 aliphatic rings. The molecular formula is C19H26FNO3.